The van der Waals surface area contributed by atoms with Crippen LogP contribution in [-0.4, -0.2) is 59.2 Å². The van der Waals surface area contributed by atoms with Crippen molar-refractivity contribution in [2.45, 2.75) is 39.2 Å². The van der Waals surface area contributed by atoms with Crippen LogP contribution in [0.2, 0.25) is 0 Å². The summed E-state index contributed by atoms with van der Waals surface area (Å²) in [6, 6.07) is 0.352. The van der Waals surface area contributed by atoms with Crippen molar-refractivity contribution in [1.29, 1.82) is 0 Å². The number of nitrogens with zero attached hydrogens (tertiary/aromatic N) is 4. The fraction of sp³-hybridized carbons (Fsp3) is 0.786. The van der Waals surface area contributed by atoms with Gasteiger partial charge in [-0.05, 0) is 39.8 Å². The van der Waals surface area contributed by atoms with Crippen LogP contribution >= 0.6 is 0 Å². The molecule has 0 unspecified atom stereocenters. The van der Waals surface area contributed by atoms with Gasteiger partial charge in [0.1, 0.15) is 0 Å². The molecule has 21 heavy (non-hydrogen) atoms. The molecule has 1 aromatic heterocycles. The summed E-state index contributed by atoms with van der Waals surface area (Å²) < 4.78 is 5.54. The Kier molecular flexibility index (Phi) is 5.98. The maximum absolute atomic E-state index is 5.54. The second-order valence-electron chi connectivity index (χ2n) is 5.51. The topological polar surface area (TPSA) is 75.2 Å². The van der Waals surface area contributed by atoms with Crippen LogP contribution in [0, 0.1) is 0 Å². The van der Waals surface area contributed by atoms with Crippen LogP contribution in [-0.2, 0) is 0 Å². The van der Waals surface area contributed by atoms with Crippen LogP contribution in [0.25, 0.3) is 0 Å². The van der Waals surface area contributed by atoms with E-state index in [1.165, 1.54) is 32.4 Å². The van der Waals surface area contributed by atoms with Gasteiger partial charge in [-0.1, -0.05) is 6.42 Å². The molecule has 0 aliphatic carbocycles. The highest BCUT2D eigenvalue weighted by Gasteiger charge is 2.11. The van der Waals surface area contributed by atoms with Gasteiger partial charge in [0.05, 0.1) is 6.10 Å². The maximum Gasteiger partial charge on any atom is 0.323 e. The molecule has 1 saturated heterocycles. The van der Waals surface area contributed by atoms with Crippen molar-refractivity contribution in [2.24, 2.45) is 0 Å². The molecule has 1 aliphatic rings. The quantitative estimate of drug-likeness (QED) is 0.791. The first kappa shape index (κ1) is 15.8. The summed E-state index contributed by atoms with van der Waals surface area (Å²) in [5.41, 5.74) is 0. The zero-order valence-electron chi connectivity index (χ0n) is 13.2. The molecular formula is C14H26N6O. The van der Waals surface area contributed by atoms with Gasteiger partial charge >= 0.3 is 6.01 Å². The van der Waals surface area contributed by atoms with Gasteiger partial charge in [0.25, 0.3) is 0 Å². The molecule has 0 bridgehead atoms. The van der Waals surface area contributed by atoms with Gasteiger partial charge in [-0.15, -0.1) is 0 Å². The smallest absolute Gasteiger partial charge is 0.323 e. The molecule has 1 aromatic rings. The largest absolute Gasteiger partial charge is 0.461 e. The third kappa shape index (κ3) is 5.34. The lowest BCUT2D eigenvalue weighted by Gasteiger charge is -2.26. The van der Waals surface area contributed by atoms with Crippen LogP contribution in [0.15, 0.2) is 0 Å². The van der Waals surface area contributed by atoms with Crippen LogP contribution in [0.3, 0.4) is 0 Å². The second kappa shape index (κ2) is 7.97. The monoisotopic (exact) mass is 294 g/mol. The van der Waals surface area contributed by atoms with E-state index in [0.717, 1.165) is 13.1 Å². The van der Waals surface area contributed by atoms with Crippen molar-refractivity contribution in [2.75, 3.05) is 43.9 Å². The van der Waals surface area contributed by atoms with Crippen molar-refractivity contribution >= 4 is 11.9 Å². The number of nitrogens with one attached hydrogen (secondary N) is 2. The van der Waals surface area contributed by atoms with Crippen molar-refractivity contribution in [3.05, 3.63) is 0 Å². The second-order valence-corrected chi connectivity index (χ2v) is 5.51. The van der Waals surface area contributed by atoms with Gasteiger partial charge in [0.15, 0.2) is 0 Å². The fourth-order valence-electron chi connectivity index (χ4n) is 2.32. The predicted octanol–water partition coefficient (Wildman–Crippen LogP) is 1.60. The Morgan fingerprint density at radius 1 is 1.10 bits per heavy atom. The Bertz CT molecular complexity index is 433. The van der Waals surface area contributed by atoms with Crippen LogP contribution in [0.4, 0.5) is 11.9 Å². The van der Waals surface area contributed by atoms with Gasteiger partial charge < -0.3 is 20.3 Å². The highest BCUT2D eigenvalue weighted by atomic mass is 16.5. The van der Waals surface area contributed by atoms with E-state index in [4.69, 9.17) is 4.74 Å². The SMILES string of the molecule is CNc1nc(NCCN2CCCCC2)nc(OC(C)C)n1. The maximum atomic E-state index is 5.54. The molecule has 0 saturated carbocycles. The normalized spacial score (nSPS) is 16.0. The average molecular weight is 294 g/mol. The van der Waals surface area contributed by atoms with Gasteiger partial charge in [-0.25, -0.2) is 0 Å². The molecule has 0 amide bonds. The van der Waals surface area contributed by atoms with E-state index in [9.17, 15) is 0 Å². The molecule has 7 nitrogen and oxygen atoms in total. The Morgan fingerprint density at radius 3 is 2.48 bits per heavy atom. The third-order valence-electron chi connectivity index (χ3n) is 3.34. The zero-order chi connectivity index (χ0) is 15.1. The minimum absolute atomic E-state index is 0.0401. The number of anilines is 2. The van der Waals surface area contributed by atoms with Crippen LogP contribution < -0.4 is 15.4 Å². The molecule has 0 spiro atoms. The fourth-order valence-corrected chi connectivity index (χ4v) is 2.32. The Balaban J connectivity index is 1.88. The summed E-state index contributed by atoms with van der Waals surface area (Å²) in [6.45, 7) is 8.14. The molecule has 2 heterocycles. The molecule has 0 atom stereocenters. The first-order chi connectivity index (χ1) is 10.2. The molecule has 2 rings (SSSR count). The van der Waals surface area contributed by atoms with Crippen molar-refractivity contribution in [3.8, 4) is 6.01 Å². The van der Waals surface area contributed by atoms with Crippen molar-refractivity contribution in [3.63, 3.8) is 0 Å². The third-order valence-corrected chi connectivity index (χ3v) is 3.34. The van der Waals surface area contributed by atoms with E-state index in [1.54, 1.807) is 7.05 Å². The summed E-state index contributed by atoms with van der Waals surface area (Å²) in [7, 11) is 1.78. The van der Waals surface area contributed by atoms with Gasteiger partial charge in [-0.3, -0.25) is 0 Å². The van der Waals surface area contributed by atoms with Crippen LogP contribution in [0.1, 0.15) is 33.1 Å². The molecule has 1 fully saturated rings. The number of hydrogen-bond acceptors (Lipinski definition) is 7. The van der Waals surface area contributed by atoms with E-state index in [0.29, 0.717) is 17.9 Å². The van der Waals surface area contributed by atoms with Gasteiger partial charge in [-0.2, -0.15) is 15.0 Å². The Morgan fingerprint density at radius 2 is 1.81 bits per heavy atom. The molecule has 1 aliphatic heterocycles. The number of ether oxygens (including phenoxy) is 1. The van der Waals surface area contributed by atoms with Gasteiger partial charge in [0.2, 0.25) is 11.9 Å². The molecule has 0 radical (unpaired) electrons. The standard InChI is InChI=1S/C14H26N6O/c1-11(2)21-14-18-12(15-3)17-13(19-14)16-7-10-20-8-5-4-6-9-20/h11H,4-10H2,1-3H3,(H2,15,16,17,18,19). The lowest BCUT2D eigenvalue weighted by molar-refractivity contribution is 0.222. The summed E-state index contributed by atoms with van der Waals surface area (Å²) in [5.74, 6) is 1.07. The first-order valence-electron chi connectivity index (χ1n) is 7.74. The summed E-state index contributed by atoms with van der Waals surface area (Å²) >= 11 is 0. The summed E-state index contributed by atoms with van der Waals surface area (Å²) in [4.78, 5) is 15.2. The summed E-state index contributed by atoms with van der Waals surface area (Å²) in [6.07, 6.45) is 4.02. The van der Waals surface area contributed by atoms with Crippen molar-refractivity contribution < 1.29 is 4.74 Å². The minimum atomic E-state index is 0.0401. The number of likely N-dealkylation sites (tertiary alicyclic amines) is 1. The first-order valence-corrected chi connectivity index (χ1v) is 7.74. The van der Waals surface area contributed by atoms with Crippen molar-refractivity contribution in [1.82, 2.24) is 19.9 Å². The number of rotatable bonds is 7. The van der Waals surface area contributed by atoms with E-state index in [-0.39, 0.29) is 6.10 Å². The minimum Gasteiger partial charge on any atom is -0.461 e. The molecule has 118 valence electrons. The number of aromatic nitrogens is 3. The number of piperidine rings is 1. The molecular weight excluding hydrogens is 268 g/mol. The predicted molar refractivity (Wildman–Crippen MR) is 83.9 cm³/mol. The van der Waals surface area contributed by atoms with E-state index in [1.807, 2.05) is 13.8 Å². The Labute approximate surface area is 126 Å². The number of hydrogen-bond donors (Lipinski definition) is 2. The lowest BCUT2D eigenvalue weighted by atomic mass is 10.1. The van der Waals surface area contributed by atoms with E-state index in [2.05, 4.69) is 30.5 Å². The van der Waals surface area contributed by atoms with Gasteiger partial charge in [0, 0.05) is 20.1 Å². The van der Waals surface area contributed by atoms with E-state index >= 15 is 0 Å². The van der Waals surface area contributed by atoms with Crippen LogP contribution in [0.5, 0.6) is 6.01 Å². The highest BCUT2D eigenvalue weighted by Crippen LogP contribution is 2.12. The lowest BCUT2D eigenvalue weighted by Crippen LogP contribution is -2.34. The van der Waals surface area contributed by atoms with E-state index < -0.39 is 0 Å². The molecule has 0 aromatic carbocycles. The average Bonchev–Trinajstić information content (AvgIpc) is 2.47. The Hall–Kier alpha value is -1.63. The molecule has 7 heteroatoms. The zero-order valence-corrected chi connectivity index (χ0v) is 13.2. The highest BCUT2D eigenvalue weighted by molar-refractivity contribution is 5.35. The molecule has 2 N–H and O–H groups in total. The summed E-state index contributed by atoms with van der Waals surface area (Å²) in [5, 5.41) is 6.18.